The SMILES string of the molecule is C=C[C@@H]([C@@H](O)c1ccccc1)P(=O)(OCC)OCC. The van der Waals surface area contributed by atoms with Gasteiger partial charge in [0, 0.05) is 0 Å². The van der Waals surface area contributed by atoms with Gasteiger partial charge in [-0.1, -0.05) is 36.4 Å². The average molecular weight is 284 g/mol. The van der Waals surface area contributed by atoms with Gasteiger partial charge in [0.1, 0.15) is 5.66 Å². The Morgan fingerprint density at radius 1 is 1.26 bits per heavy atom. The Hall–Kier alpha value is -0.930. The molecule has 19 heavy (non-hydrogen) atoms. The largest absolute Gasteiger partial charge is 0.387 e. The summed E-state index contributed by atoms with van der Waals surface area (Å²) < 4.78 is 23.2. The Morgan fingerprint density at radius 2 is 1.79 bits per heavy atom. The highest BCUT2D eigenvalue weighted by molar-refractivity contribution is 7.54. The lowest BCUT2D eigenvalue weighted by atomic mass is 10.1. The first-order chi connectivity index (χ1) is 9.09. The molecule has 2 atom stereocenters. The number of rotatable bonds is 8. The maximum Gasteiger partial charge on any atom is 0.340 e. The molecule has 0 bridgehead atoms. The second-order valence-corrected chi connectivity index (χ2v) is 6.15. The van der Waals surface area contributed by atoms with Gasteiger partial charge >= 0.3 is 7.60 Å². The van der Waals surface area contributed by atoms with Crippen molar-refractivity contribution in [2.24, 2.45) is 0 Å². The molecular weight excluding hydrogens is 263 g/mol. The number of hydrogen-bond acceptors (Lipinski definition) is 4. The minimum atomic E-state index is -3.42. The van der Waals surface area contributed by atoms with Crippen LogP contribution in [0.25, 0.3) is 0 Å². The summed E-state index contributed by atoms with van der Waals surface area (Å²) in [6, 6.07) is 9.01. The Balaban J connectivity index is 3.03. The molecule has 0 spiro atoms. The lowest BCUT2D eigenvalue weighted by Gasteiger charge is -2.27. The molecule has 0 aliphatic carbocycles. The standard InChI is InChI=1S/C14H21O4P/c1-4-13(19(16,17-5-2)18-6-3)14(15)12-10-8-7-9-11-12/h4,7-11,13-15H,1,5-6H2,2-3H3/t13-,14-/m0/s1. The molecule has 1 aromatic rings. The lowest BCUT2D eigenvalue weighted by Crippen LogP contribution is -2.19. The minimum absolute atomic E-state index is 0.253. The molecule has 4 nitrogen and oxygen atoms in total. The summed E-state index contributed by atoms with van der Waals surface area (Å²) in [5, 5.41) is 10.4. The molecule has 0 aromatic heterocycles. The molecule has 0 unspecified atom stereocenters. The van der Waals surface area contributed by atoms with Crippen LogP contribution in [0, 0.1) is 0 Å². The fourth-order valence-corrected chi connectivity index (χ4v) is 3.76. The van der Waals surface area contributed by atoms with Crippen molar-refractivity contribution in [1.82, 2.24) is 0 Å². The molecule has 0 saturated heterocycles. The topological polar surface area (TPSA) is 55.8 Å². The van der Waals surface area contributed by atoms with Crippen molar-refractivity contribution in [2.75, 3.05) is 13.2 Å². The molecule has 0 fully saturated rings. The highest BCUT2D eigenvalue weighted by Crippen LogP contribution is 2.57. The Kier molecular flexibility index (Phi) is 6.46. The van der Waals surface area contributed by atoms with E-state index in [-0.39, 0.29) is 13.2 Å². The third-order valence-electron chi connectivity index (χ3n) is 2.69. The van der Waals surface area contributed by atoms with Crippen LogP contribution in [0.4, 0.5) is 0 Å². The summed E-state index contributed by atoms with van der Waals surface area (Å²) in [4.78, 5) is 0. The molecule has 1 aromatic carbocycles. The quantitative estimate of drug-likeness (QED) is 0.586. The lowest BCUT2D eigenvalue weighted by molar-refractivity contribution is 0.152. The molecular formula is C14H21O4P. The van der Waals surface area contributed by atoms with E-state index in [1.54, 1.807) is 26.0 Å². The average Bonchev–Trinajstić information content (AvgIpc) is 2.40. The van der Waals surface area contributed by atoms with E-state index in [0.29, 0.717) is 5.56 Å². The summed E-state index contributed by atoms with van der Waals surface area (Å²) in [7, 11) is -3.42. The summed E-state index contributed by atoms with van der Waals surface area (Å²) >= 11 is 0. The van der Waals surface area contributed by atoms with E-state index in [1.165, 1.54) is 6.08 Å². The van der Waals surface area contributed by atoms with E-state index < -0.39 is 19.4 Å². The van der Waals surface area contributed by atoms with Gasteiger partial charge < -0.3 is 14.2 Å². The molecule has 0 heterocycles. The van der Waals surface area contributed by atoms with Crippen molar-refractivity contribution in [1.29, 1.82) is 0 Å². The first kappa shape index (κ1) is 16.1. The highest BCUT2D eigenvalue weighted by atomic mass is 31.2. The zero-order chi connectivity index (χ0) is 14.3. The predicted molar refractivity (Wildman–Crippen MR) is 76.2 cm³/mol. The molecule has 1 N–H and O–H groups in total. The number of benzene rings is 1. The Morgan fingerprint density at radius 3 is 2.21 bits per heavy atom. The second-order valence-electron chi connectivity index (χ2n) is 3.96. The number of aliphatic hydroxyl groups is 1. The molecule has 0 aliphatic heterocycles. The first-order valence-corrected chi connectivity index (χ1v) is 7.94. The van der Waals surface area contributed by atoms with Gasteiger partial charge in [-0.05, 0) is 19.4 Å². The summed E-state index contributed by atoms with van der Waals surface area (Å²) in [5.41, 5.74) is -0.123. The van der Waals surface area contributed by atoms with Gasteiger partial charge in [-0.3, -0.25) is 4.57 Å². The zero-order valence-corrected chi connectivity index (χ0v) is 12.3. The van der Waals surface area contributed by atoms with Gasteiger partial charge in [0.15, 0.2) is 0 Å². The van der Waals surface area contributed by atoms with E-state index in [4.69, 9.17) is 9.05 Å². The van der Waals surface area contributed by atoms with Crippen molar-refractivity contribution < 1.29 is 18.7 Å². The van der Waals surface area contributed by atoms with Crippen LogP contribution in [0.1, 0.15) is 25.5 Å². The van der Waals surface area contributed by atoms with Gasteiger partial charge in [-0.2, -0.15) is 0 Å². The van der Waals surface area contributed by atoms with Gasteiger partial charge in [0.05, 0.1) is 19.3 Å². The van der Waals surface area contributed by atoms with Crippen molar-refractivity contribution >= 4 is 7.60 Å². The third kappa shape index (κ3) is 4.02. The smallest absolute Gasteiger partial charge is 0.340 e. The minimum Gasteiger partial charge on any atom is -0.387 e. The van der Waals surface area contributed by atoms with E-state index in [2.05, 4.69) is 6.58 Å². The number of hydrogen-bond donors (Lipinski definition) is 1. The second kappa shape index (κ2) is 7.61. The Bertz CT molecular complexity index is 422. The Labute approximate surface area is 114 Å². The van der Waals surface area contributed by atoms with Crippen molar-refractivity contribution in [3.63, 3.8) is 0 Å². The first-order valence-electron chi connectivity index (χ1n) is 6.33. The van der Waals surface area contributed by atoms with Crippen LogP contribution in [0.5, 0.6) is 0 Å². The van der Waals surface area contributed by atoms with E-state index in [1.807, 2.05) is 18.2 Å². The van der Waals surface area contributed by atoms with Crippen LogP contribution in [0.3, 0.4) is 0 Å². The van der Waals surface area contributed by atoms with Crippen molar-refractivity contribution in [3.8, 4) is 0 Å². The van der Waals surface area contributed by atoms with Crippen LogP contribution in [-0.4, -0.2) is 24.0 Å². The van der Waals surface area contributed by atoms with E-state index in [9.17, 15) is 9.67 Å². The van der Waals surface area contributed by atoms with Crippen LogP contribution in [0.15, 0.2) is 43.0 Å². The molecule has 0 saturated carbocycles. The van der Waals surface area contributed by atoms with Crippen molar-refractivity contribution in [3.05, 3.63) is 48.6 Å². The molecule has 1 rings (SSSR count). The molecule has 5 heteroatoms. The van der Waals surface area contributed by atoms with Gasteiger partial charge in [0.25, 0.3) is 0 Å². The summed E-state index contributed by atoms with van der Waals surface area (Å²) in [6.45, 7) is 7.63. The summed E-state index contributed by atoms with van der Waals surface area (Å²) in [6.07, 6.45) is 0.465. The van der Waals surface area contributed by atoms with E-state index >= 15 is 0 Å². The van der Waals surface area contributed by atoms with Gasteiger partial charge in [-0.15, -0.1) is 6.58 Å². The normalized spacial score (nSPS) is 14.9. The monoisotopic (exact) mass is 284 g/mol. The van der Waals surface area contributed by atoms with Crippen LogP contribution >= 0.6 is 7.60 Å². The number of aliphatic hydroxyl groups excluding tert-OH is 1. The highest BCUT2D eigenvalue weighted by Gasteiger charge is 2.39. The van der Waals surface area contributed by atoms with Gasteiger partial charge in [-0.25, -0.2) is 0 Å². The van der Waals surface area contributed by atoms with Gasteiger partial charge in [0.2, 0.25) is 0 Å². The molecule has 0 aliphatic rings. The maximum absolute atomic E-state index is 12.7. The van der Waals surface area contributed by atoms with Crippen LogP contribution in [-0.2, 0) is 13.6 Å². The molecule has 106 valence electrons. The molecule has 0 radical (unpaired) electrons. The third-order valence-corrected chi connectivity index (χ3v) is 5.15. The van der Waals surface area contributed by atoms with E-state index in [0.717, 1.165) is 0 Å². The fraction of sp³-hybridized carbons (Fsp3) is 0.429. The zero-order valence-electron chi connectivity index (χ0n) is 11.4. The summed E-state index contributed by atoms with van der Waals surface area (Å²) in [5.74, 6) is 0. The fourth-order valence-electron chi connectivity index (χ4n) is 1.85. The van der Waals surface area contributed by atoms with Crippen LogP contribution in [0.2, 0.25) is 0 Å². The predicted octanol–water partition coefficient (Wildman–Crippen LogP) is 3.54. The molecule has 0 amide bonds. The van der Waals surface area contributed by atoms with Crippen LogP contribution < -0.4 is 0 Å². The van der Waals surface area contributed by atoms with Crippen molar-refractivity contribution in [2.45, 2.75) is 25.6 Å². The maximum atomic E-state index is 12.7.